The molecular weight excluding hydrogens is 250 g/mol. The normalized spacial score (nSPS) is 18.6. The summed E-state index contributed by atoms with van der Waals surface area (Å²) in [4.78, 5) is 15.3. The highest BCUT2D eigenvalue weighted by atomic mass is 16.2. The van der Waals surface area contributed by atoms with Crippen LogP contribution in [0.25, 0.3) is 10.9 Å². The summed E-state index contributed by atoms with van der Waals surface area (Å²) in [5.74, 6) is 0.631. The second-order valence-corrected chi connectivity index (χ2v) is 5.44. The maximum Gasteiger partial charge on any atom is 0.271 e. The van der Waals surface area contributed by atoms with E-state index in [1.165, 1.54) is 6.42 Å². The van der Waals surface area contributed by atoms with E-state index in [1.807, 2.05) is 24.3 Å². The summed E-state index contributed by atoms with van der Waals surface area (Å²) in [6.45, 7) is 2.25. The van der Waals surface area contributed by atoms with Crippen LogP contribution in [0.1, 0.15) is 36.5 Å². The zero-order valence-electron chi connectivity index (χ0n) is 11.6. The Morgan fingerprint density at radius 3 is 3.00 bits per heavy atom. The number of amides is 1. The van der Waals surface area contributed by atoms with Crippen molar-refractivity contribution in [2.75, 3.05) is 0 Å². The van der Waals surface area contributed by atoms with Gasteiger partial charge in [-0.3, -0.25) is 10.2 Å². The SMILES string of the molecule is CC1CC=C(NNC(=O)c2c[nH]c3ccccc23)CC1. The number of aromatic amines is 1. The van der Waals surface area contributed by atoms with E-state index in [2.05, 4.69) is 28.8 Å². The van der Waals surface area contributed by atoms with Crippen molar-refractivity contribution >= 4 is 16.8 Å². The lowest BCUT2D eigenvalue weighted by molar-refractivity contribution is 0.0939. The fraction of sp³-hybridized carbons (Fsp3) is 0.312. The smallest absolute Gasteiger partial charge is 0.271 e. The van der Waals surface area contributed by atoms with Gasteiger partial charge in [0.15, 0.2) is 0 Å². The minimum Gasteiger partial charge on any atom is -0.360 e. The van der Waals surface area contributed by atoms with Gasteiger partial charge in [-0.2, -0.15) is 0 Å². The number of hydrazine groups is 1. The highest BCUT2D eigenvalue weighted by molar-refractivity contribution is 6.06. The van der Waals surface area contributed by atoms with Crippen LogP contribution in [-0.2, 0) is 0 Å². The lowest BCUT2D eigenvalue weighted by Crippen LogP contribution is -2.37. The van der Waals surface area contributed by atoms with Crippen molar-refractivity contribution in [3.8, 4) is 0 Å². The molecule has 1 aliphatic rings. The van der Waals surface area contributed by atoms with Crippen molar-refractivity contribution in [3.05, 3.63) is 47.8 Å². The molecule has 0 spiro atoms. The van der Waals surface area contributed by atoms with Gasteiger partial charge >= 0.3 is 0 Å². The molecule has 3 N–H and O–H groups in total. The number of H-pyrrole nitrogens is 1. The van der Waals surface area contributed by atoms with Crippen LogP contribution in [0.2, 0.25) is 0 Å². The minimum atomic E-state index is -0.109. The van der Waals surface area contributed by atoms with E-state index >= 15 is 0 Å². The fourth-order valence-electron chi connectivity index (χ4n) is 2.54. The van der Waals surface area contributed by atoms with Crippen LogP contribution in [0.15, 0.2) is 42.2 Å². The van der Waals surface area contributed by atoms with Crippen LogP contribution in [0.3, 0.4) is 0 Å². The monoisotopic (exact) mass is 269 g/mol. The largest absolute Gasteiger partial charge is 0.360 e. The zero-order chi connectivity index (χ0) is 13.9. The number of aromatic nitrogens is 1. The quantitative estimate of drug-likeness (QED) is 0.750. The van der Waals surface area contributed by atoms with Gasteiger partial charge in [0.2, 0.25) is 0 Å². The highest BCUT2D eigenvalue weighted by Gasteiger charge is 2.13. The Morgan fingerprint density at radius 2 is 2.20 bits per heavy atom. The van der Waals surface area contributed by atoms with Crippen LogP contribution >= 0.6 is 0 Å². The third kappa shape index (κ3) is 2.54. The molecule has 1 atom stereocenters. The summed E-state index contributed by atoms with van der Waals surface area (Å²) in [6, 6.07) is 7.80. The first kappa shape index (κ1) is 12.8. The summed E-state index contributed by atoms with van der Waals surface area (Å²) in [6.07, 6.45) is 7.16. The van der Waals surface area contributed by atoms with Crippen molar-refractivity contribution in [1.29, 1.82) is 0 Å². The van der Waals surface area contributed by atoms with E-state index in [4.69, 9.17) is 0 Å². The summed E-state index contributed by atoms with van der Waals surface area (Å²) >= 11 is 0. The van der Waals surface area contributed by atoms with Gasteiger partial charge in [-0.25, -0.2) is 0 Å². The van der Waals surface area contributed by atoms with Gasteiger partial charge in [-0.15, -0.1) is 0 Å². The Hall–Kier alpha value is -2.23. The first-order chi connectivity index (χ1) is 9.74. The number of carbonyl (C=O) groups is 1. The lowest BCUT2D eigenvalue weighted by atomic mass is 9.95. The average Bonchev–Trinajstić information content (AvgIpc) is 2.90. The number of rotatable bonds is 3. The molecule has 1 aromatic heterocycles. The Kier molecular flexibility index (Phi) is 3.46. The first-order valence-corrected chi connectivity index (χ1v) is 7.05. The molecule has 4 heteroatoms. The van der Waals surface area contributed by atoms with Crippen LogP contribution in [-0.4, -0.2) is 10.9 Å². The molecule has 1 heterocycles. The van der Waals surface area contributed by atoms with Crippen LogP contribution < -0.4 is 10.9 Å². The molecule has 104 valence electrons. The van der Waals surface area contributed by atoms with Crippen LogP contribution in [0, 0.1) is 5.92 Å². The number of allylic oxidation sites excluding steroid dienone is 2. The molecule has 0 saturated heterocycles. The summed E-state index contributed by atoms with van der Waals surface area (Å²) in [7, 11) is 0. The highest BCUT2D eigenvalue weighted by Crippen LogP contribution is 2.21. The maximum absolute atomic E-state index is 12.2. The van der Waals surface area contributed by atoms with Crippen molar-refractivity contribution in [1.82, 2.24) is 15.8 Å². The van der Waals surface area contributed by atoms with E-state index in [1.54, 1.807) is 6.20 Å². The average molecular weight is 269 g/mol. The number of benzene rings is 1. The van der Waals surface area contributed by atoms with E-state index in [0.29, 0.717) is 5.56 Å². The molecule has 0 aliphatic heterocycles. The molecule has 1 amide bonds. The van der Waals surface area contributed by atoms with Crippen molar-refractivity contribution in [2.45, 2.75) is 26.2 Å². The maximum atomic E-state index is 12.2. The molecule has 3 rings (SSSR count). The van der Waals surface area contributed by atoms with Gasteiger partial charge in [0, 0.05) is 22.8 Å². The lowest BCUT2D eigenvalue weighted by Gasteiger charge is -2.19. The van der Waals surface area contributed by atoms with E-state index in [9.17, 15) is 4.79 Å². The molecule has 0 saturated carbocycles. The van der Waals surface area contributed by atoms with Crippen molar-refractivity contribution in [2.24, 2.45) is 5.92 Å². The molecule has 2 aromatic rings. The van der Waals surface area contributed by atoms with Gasteiger partial charge in [0.1, 0.15) is 0 Å². The molecule has 20 heavy (non-hydrogen) atoms. The van der Waals surface area contributed by atoms with Crippen molar-refractivity contribution < 1.29 is 4.79 Å². The van der Waals surface area contributed by atoms with Gasteiger partial charge in [0.05, 0.1) is 5.56 Å². The Morgan fingerprint density at radius 1 is 1.35 bits per heavy atom. The summed E-state index contributed by atoms with van der Waals surface area (Å²) < 4.78 is 0. The number of para-hydroxylation sites is 1. The Labute approximate surface area is 118 Å². The minimum absolute atomic E-state index is 0.109. The van der Waals surface area contributed by atoms with Crippen LogP contribution in [0.4, 0.5) is 0 Å². The number of hydrogen-bond acceptors (Lipinski definition) is 2. The van der Waals surface area contributed by atoms with Gasteiger partial charge in [-0.05, 0) is 31.2 Å². The molecule has 1 unspecified atom stereocenters. The van der Waals surface area contributed by atoms with E-state index in [0.717, 1.165) is 35.4 Å². The molecule has 0 fully saturated rings. The Balaban J connectivity index is 1.68. The fourth-order valence-corrected chi connectivity index (χ4v) is 2.54. The van der Waals surface area contributed by atoms with Crippen LogP contribution in [0.5, 0.6) is 0 Å². The Bertz CT molecular complexity index is 657. The first-order valence-electron chi connectivity index (χ1n) is 7.05. The van der Waals surface area contributed by atoms with Gasteiger partial charge < -0.3 is 10.4 Å². The molecule has 4 nitrogen and oxygen atoms in total. The van der Waals surface area contributed by atoms with E-state index < -0.39 is 0 Å². The second-order valence-electron chi connectivity index (χ2n) is 5.44. The summed E-state index contributed by atoms with van der Waals surface area (Å²) in [5.41, 5.74) is 8.57. The molecule has 1 aliphatic carbocycles. The molecule has 0 bridgehead atoms. The number of nitrogens with one attached hydrogen (secondary N) is 3. The topological polar surface area (TPSA) is 56.9 Å². The van der Waals surface area contributed by atoms with E-state index in [-0.39, 0.29) is 5.91 Å². The second kappa shape index (κ2) is 5.41. The molecule has 0 radical (unpaired) electrons. The van der Waals surface area contributed by atoms with Gasteiger partial charge in [0.25, 0.3) is 5.91 Å². The standard InChI is InChI=1S/C16H19N3O/c1-11-6-8-12(9-7-11)18-19-16(20)14-10-17-15-5-3-2-4-13(14)15/h2-5,8,10-11,17-18H,6-7,9H2,1H3,(H,19,20). The third-order valence-corrected chi connectivity index (χ3v) is 3.84. The van der Waals surface area contributed by atoms with Gasteiger partial charge in [-0.1, -0.05) is 31.2 Å². The number of carbonyl (C=O) groups excluding carboxylic acids is 1. The predicted octanol–water partition coefficient (Wildman–Crippen LogP) is 3.11. The molecule has 1 aromatic carbocycles. The molecular formula is C16H19N3O. The number of fused-ring (bicyclic) bond motifs is 1. The summed E-state index contributed by atoms with van der Waals surface area (Å²) in [5, 5.41) is 0.943. The third-order valence-electron chi connectivity index (χ3n) is 3.84. The number of hydrogen-bond donors (Lipinski definition) is 3. The predicted molar refractivity (Wildman–Crippen MR) is 80.0 cm³/mol. The zero-order valence-corrected chi connectivity index (χ0v) is 11.6. The van der Waals surface area contributed by atoms with Crippen molar-refractivity contribution in [3.63, 3.8) is 0 Å².